The van der Waals surface area contributed by atoms with Crippen LogP contribution in [-0.2, 0) is 5.41 Å². The molecule has 4 nitrogen and oxygen atoms in total. The first-order valence-corrected chi connectivity index (χ1v) is 22.5. The zero-order valence-corrected chi connectivity index (χ0v) is 34.3. The van der Waals surface area contributed by atoms with Crippen LogP contribution in [0.25, 0.3) is 26.3 Å². The van der Waals surface area contributed by atoms with Gasteiger partial charge in [0.2, 0.25) is 0 Å². The fourth-order valence-corrected chi connectivity index (χ4v) is 15.7. The quantitative estimate of drug-likeness (QED) is 0.158. The fourth-order valence-electron chi connectivity index (χ4n) is 8.23. The average molecular weight is 807 g/mol. The molecule has 0 unspecified atom stereocenters. The van der Waals surface area contributed by atoms with Crippen LogP contribution in [0, 0.1) is 0 Å². The molecule has 0 amide bonds. The van der Waals surface area contributed by atoms with Crippen molar-refractivity contribution in [3.8, 4) is 20.2 Å². The number of carbonyl (C=O) groups is 1. The Morgan fingerprint density at radius 2 is 1.16 bits per heavy atom. The summed E-state index contributed by atoms with van der Waals surface area (Å²) in [4.78, 5) is 29.6. The van der Waals surface area contributed by atoms with Gasteiger partial charge in [0.05, 0.1) is 26.7 Å². The Morgan fingerprint density at radius 1 is 0.621 bits per heavy atom. The van der Waals surface area contributed by atoms with E-state index in [0.29, 0.717) is 0 Å². The van der Waals surface area contributed by atoms with Gasteiger partial charge in [-0.15, -0.1) is 32.7 Å². The molecular weight excluding hydrogens is 769 g/mol. The van der Waals surface area contributed by atoms with Gasteiger partial charge >= 0.3 is 5.97 Å². The molecule has 2 aliphatic rings. The predicted molar refractivity (Wildman–Crippen MR) is 244 cm³/mol. The zero-order chi connectivity index (χ0) is 39.4. The van der Waals surface area contributed by atoms with E-state index in [2.05, 4.69) is 189 Å². The SMILES string of the molecule is CC1(C)C(C=Cc2cc3c(s2)-c2sc(-c4ccc(N(c5ccccc5)c5ccccc5)cc4)cc2S3(c2ccccc2)c2ccccc2)=Nc2ccc(C(=O)O)cc21. The van der Waals surface area contributed by atoms with E-state index in [4.69, 9.17) is 4.99 Å². The van der Waals surface area contributed by atoms with Crippen LogP contribution in [0.2, 0.25) is 0 Å². The molecule has 0 fully saturated rings. The molecule has 10 rings (SSSR count). The molecule has 0 bridgehead atoms. The minimum Gasteiger partial charge on any atom is -0.478 e. The smallest absolute Gasteiger partial charge is 0.335 e. The highest BCUT2D eigenvalue weighted by atomic mass is 32.3. The molecule has 0 radical (unpaired) electrons. The minimum absolute atomic E-state index is 0.284. The molecule has 0 spiro atoms. The predicted octanol–water partition coefficient (Wildman–Crippen LogP) is 15.0. The van der Waals surface area contributed by atoms with E-state index in [9.17, 15) is 9.90 Å². The van der Waals surface area contributed by atoms with E-state index in [1.165, 1.54) is 44.7 Å². The van der Waals surface area contributed by atoms with Crippen molar-refractivity contribution in [2.75, 3.05) is 4.90 Å². The van der Waals surface area contributed by atoms with Gasteiger partial charge in [-0.1, -0.05) is 98.8 Å². The van der Waals surface area contributed by atoms with Gasteiger partial charge in [0.25, 0.3) is 0 Å². The Hall–Kier alpha value is -6.25. The standard InChI is InChI=1S/C51H38N2O2S3/c1-51(2)42-31-35(50(54)55)25-29-43(42)52-47(51)30-28-39-32-45-48(56-39)49-46(58(45,40-19-11-5-12-20-40)41-21-13-6-14-22-41)33-44(57-49)34-23-26-38(27-24-34)53(36-15-7-3-8-16-36)37-17-9-4-10-18-37/h3-33H,1-2H3,(H,54,55). The van der Waals surface area contributed by atoms with E-state index in [1.807, 2.05) is 28.7 Å². The van der Waals surface area contributed by atoms with Gasteiger partial charge in [-0.2, -0.15) is 0 Å². The van der Waals surface area contributed by atoms with E-state index >= 15 is 0 Å². The number of nitrogens with zero attached hydrogens (tertiary/aromatic N) is 2. The lowest BCUT2D eigenvalue weighted by Crippen LogP contribution is -2.24. The first-order chi connectivity index (χ1) is 28.3. The summed E-state index contributed by atoms with van der Waals surface area (Å²) in [5, 5.41) is 9.66. The second-order valence-corrected chi connectivity index (χ2v) is 20.1. The number of allylic oxidation sites excluding steroid dienone is 1. The molecule has 7 heteroatoms. The number of aromatic carboxylic acids is 1. The Balaban J connectivity index is 1.08. The number of fused-ring (bicyclic) bond motifs is 4. The molecule has 0 aliphatic carbocycles. The van der Waals surface area contributed by atoms with Crippen molar-refractivity contribution in [2.24, 2.45) is 4.99 Å². The van der Waals surface area contributed by atoms with E-state index in [1.54, 1.807) is 12.1 Å². The Labute approximate surface area is 348 Å². The zero-order valence-electron chi connectivity index (χ0n) is 31.9. The first-order valence-electron chi connectivity index (χ1n) is 19.2. The molecule has 58 heavy (non-hydrogen) atoms. The second kappa shape index (κ2) is 14.3. The number of carboxylic acids is 1. The summed E-state index contributed by atoms with van der Waals surface area (Å²) < 4.78 is 0. The monoisotopic (exact) mass is 806 g/mol. The highest BCUT2D eigenvalue weighted by Crippen LogP contribution is 2.82. The van der Waals surface area contributed by atoms with Gasteiger partial charge in [-0.05, 0) is 114 Å². The van der Waals surface area contributed by atoms with Gasteiger partial charge in [0, 0.05) is 51.8 Å². The maximum absolute atomic E-state index is 11.8. The summed E-state index contributed by atoms with van der Waals surface area (Å²) in [5.41, 5.74) is 7.09. The third kappa shape index (κ3) is 5.88. The van der Waals surface area contributed by atoms with Crippen LogP contribution in [0.3, 0.4) is 0 Å². The molecule has 0 saturated heterocycles. The van der Waals surface area contributed by atoms with Crippen molar-refractivity contribution in [1.82, 2.24) is 0 Å². The van der Waals surface area contributed by atoms with Crippen LogP contribution < -0.4 is 4.90 Å². The third-order valence-electron chi connectivity index (χ3n) is 11.1. The maximum atomic E-state index is 11.8. The van der Waals surface area contributed by atoms with Gasteiger partial charge in [0.15, 0.2) is 0 Å². The highest BCUT2D eigenvalue weighted by molar-refractivity contribution is 8.34. The minimum atomic E-state index is -1.82. The summed E-state index contributed by atoms with van der Waals surface area (Å²) in [6.07, 6.45) is 4.33. The van der Waals surface area contributed by atoms with Crippen molar-refractivity contribution in [3.63, 3.8) is 0 Å². The molecule has 0 atom stereocenters. The average Bonchev–Trinajstić information content (AvgIpc) is 4.00. The molecule has 8 aromatic rings. The van der Waals surface area contributed by atoms with Gasteiger partial charge in [0.1, 0.15) is 0 Å². The number of hydrogen-bond donors (Lipinski definition) is 1. The largest absolute Gasteiger partial charge is 0.478 e. The summed E-state index contributed by atoms with van der Waals surface area (Å²) in [7, 11) is -1.82. The number of thiophene rings is 2. The number of para-hydroxylation sites is 2. The number of carboxylic acid groups (broad SMARTS) is 1. The molecule has 2 aromatic heterocycles. The molecule has 1 N–H and O–H groups in total. The number of rotatable bonds is 9. The molecule has 0 saturated carbocycles. The normalized spacial score (nSPS) is 15.0. The number of anilines is 3. The van der Waals surface area contributed by atoms with Crippen LogP contribution in [-0.4, -0.2) is 16.8 Å². The van der Waals surface area contributed by atoms with Crippen LogP contribution >= 0.6 is 32.7 Å². The molecular formula is C51H38N2O2S3. The second-order valence-electron chi connectivity index (χ2n) is 14.9. The Bertz CT molecular complexity index is 2800. The lowest BCUT2D eigenvalue weighted by atomic mass is 9.81. The maximum Gasteiger partial charge on any atom is 0.335 e. The van der Waals surface area contributed by atoms with E-state index < -0.39 is 21.4 Å². The fraction of sp³-hybridized carbons (Fsp3) is 0.0588. The Kier molecular flexibility index (Phi) is 8.90. The molecule has 6 aromatic carbocycles. The topological polar surface area (TPSA) is 52.9 Å². The van der Waals surface area contributed by atoms with Crippen molar-refractivity contribution < 1.29 is 9.90 Å². The lowest BCUT2D eigenvalue weighted by molar-refractivity contribution is 0.0696. The lowest BCUT2D eigenvalue weighted by Gasteiger charge is -2.38. The molecule has 4 heterocycles. The summed E-state index contributed by atoms with van der Waals surface area (Å²) >= 11 is 3.74. The highest BCUT2D eigenvalue weighted by Gasteiger charge is 2.45. The van der Waals surface area contributed by atoms with E-state index in [-0.39, 0.29) is 5.56 Å². The first kappa shape index (κ1) is 36.1. The van der Waals surface area contributed by atoms with Crippen molar-refractivity contribution in [2.45, 2.75) is 38.8 Å². The van der Waals surface area contributed by atoms with Crippen LogP contribution in [0.4, 0.5) is 22.7 Å². The summed E-state index contributed by atoms with van der Waals surface area (Å²) in [6.45, 7) is 4.24. The molecule has 2 aliphatic heterocycles. The van der Waals surface area contributed by atoms with Gasteiger partial charge in [-0.3, -0.25) is 4.99 Å². The molecule has 282 valence electrons. The van der Waals surface area contributed by atoms with Crippen molar-refractivity contribution in [3.05, 3.63) is 198 Å². The number of aliphatic imine (C=N–C) groups is 1. The van der Waals surface area contributed by atoms with Crippen molar-refractivity contribution in [1.29, 1.82) is 0 Å². The number of benzene rings is 6. The summed E-state index contributed by atoms with van der Waals surface area (Å²) in [5.74, 6) is -0.926. The van der Waals surface area contributed by atoms with Gasteiger partial charge in [-0.25, -0.2) is 4.79 Å². The van der Waals surface area contributed by atoms with Crippen LogP contribution in [0.15, 0.2) is 207 Å². The Morgan fingerprint density at radius 3 is 1.74 bits per heavy atom. The third-order valence-corrected chi connectivity index (χ3v) is 17.7. The van der Waals surface area contributed by atoms with E-state index in [0.717, 1.165) is 34.0 Å². The van der Waals surface area contributed by atoms with Crippen LogP contribution in [0.5, 0.6) is 0 Å². The van der Waals surface area contributed by atoms with Gasteiger partial charge < -0.3 is 10.0 Å². The summed E-state index contributed by atoms with van der Waals surface area (Å²) in [6, 6.07) is 62.3. The van der Waals surface area contributed by atoms with Crippen molar-refractivity contribution >= 4 is 73.2 Å². The van der Waals surface area contributed by atoms with Crippen LogP contribution in [0.1, 0.15) is 34.6 Å². The number of hydrogen-bond acceptors (Lipinski definition) is 5.